The molecule has 1 N–H and O–H groups in total. The Labute approximate surface area is 58.8 Å². The summed E-state index contributed by atoms with van der Waals surface area (Å²) in [5.74, 6) is 0.679. The summed E-state index contributed by atoms with van der Waals surface area (Å²) in [6, 6.07) is 0. The fourth-order valence-electron chi connectivity index (χ4n) is 0.658. The van der Waals surface area contributed by atoms with Crippen molar-refractivity contribution in [2.75, 3.05) is 13.7 Å². The molecule has 0 aromatic carbocycles. The number of cyclic esters (lactones) is 1. The molecule has 1 aliphatic heterocycles. The number of hydrogen-bond acceptors (Lipinski definition) is 3. The summed E-state index contributed by atoms with van der Waals surface area (Å²) in [6.45, 7) is 0.568. The maximum Gasteiger partial charge on any atom is 0.412 e. The van der Waals surface area contributed by atoms with Gasteiger partial charge in [-0.15, -0.1) is 0 Å². The molecule has 10 heavy (non-hydrogen) atoms. The van der Waals surface area contributed by atoms with Gasteiger partial charge in [-0.1, -0.05) is 0 Å². The third-order valence-corrected chi connectivity index (χ3v) is 1.20. The van der Waals surface area contributed by atoms with Crippen molar-refractivity contribution in [2.24, 2.45) is 0 Å². The number of carbonyl (C=O) groups excluding carboxylic acids is 1. The summed E-state index contributed by atoms with van der Waals surface area (Å²) in [6.07, 6.45) is 1.58. The number of carbonyl (C=O) groups is 1. The van der Waals surface area contributed by atoms with Gasteiger partial charge in [-0.05, 0) is 0 Å². The highest BCUT2D eigenvalue weighted by Gasteiger charge is 2.07. The fraction of sp³-hybridized carbons (Fsp3) is 0.500. The maximum absolute atomic E-state index is 10.5. The van der Waals surface area contributed by atoms with E-state index in [0.717, 1.165) is 0 Å². The van der Waals surface area contributed by atoms with Crippen LogP contribution in [0, 0.1) is 0 Å². The molecular formula is C6H9NO3. The van der Waals surface area contributed by atoms with E-state index in [9.17, 15) is 4.79 Å². The third kappa shape index (κ3) is 1.65. The highest BCUT2D eigenvalue weighted by atomic mass is 16.6. The van der Waals surface area contributed by atoms with Crippen molar-refractivity contribution in [1.29, 1.82) is 0 Å². The lowest BCUT2D eigenvalue weighted by molar-refractivity contribution is 0.184. The summed E-state index contributed by atoms with van der Waals surface area (Å²) in [5, 5.41) is 2.52. The molecule has 1 heterocycles. The van der Waals surface area contributed by atoms with Crippen LogP contribution in [-0.4, -0.2) is 19.7 Å². The zero-order valence-corrected chi connectivity index (χ0v) is 5.72. The zero-order chi connectivity index (χ0) is 7.40. The largest absolute Gasteiger partial charge is 0.498 e. The normalized spacial score (nSPS) is 18.1. The van der Waals surface area contributed by atoms with E-state index in [0.29, 0.717) is 18.7 Å². The van der Waals surface area contributed by atoms with Crippen LogP contribution in [0.3, 0.4) is 0 Å². The van der Waals surface area contributed by atoms with Gasteiger partial charge in [-0.25, -0.2) is 4.79 Å². The summed E-state index contributed by atoms with van der Waals surface area (Å²) >= 11 is 0. The third-order valence-electron chi connectivity index (χ3n) is 1.20. The van der Waals surface area contributed by atoms with Crippen LogP contribution in [0.15, 0.2) is 12.0 Å². The van der Waals surface area contributed by atoms with Crippen molar-refractivity contribution >= 4 is 6.09 Å². The molecule has 0 aromatic rings. The molecule has 0 aromatic heterocycles. The molecule has 0 saturated carbocycles. The second-order valence-corrected chi connectivity index (χ2v) is 1.87. The molecule has 56 valence electrons. The van der Waals surface area contributed by atoms with Crippen molar-refractivity contribution in [2.45, 2.75) is 6.42 Å². The van der Waals surface area contributed by atoms with E-state index in [4.69, 9.17) is 4.74 Å². The quantitative estimate of drug-likeness (QED) is 0.584. The first-order chi connectivity index (χ1) is 4.83. The van der Waals surface area contributed by atoms with Gasteiger partial charge in [0.1, 0.15) is 12.0 Å². The van der Waals surface area contributed by atoms with Crippen LogP contribution in [0.25, 0.3) is 0 Å². The molecule has 0 radical (unpaired) electrons. The van der Waals surface area contributed by atoms with Crippen LogP contribution in [0.2, 0.25) is 0 Å². The van der Waals surface area contributed by atoms with Crippen LogP contribution in [-0.2, 0) is 9.47 Å². The Balaban J connectivity index is 2.51. The Hall–Kier alpha value is -1.19. The van der Waals surface area contributed by atoms with Crippen molar-refractivity contribution in [3.05, 3.63) is 12.0 Å². The van der Waals surface area contributed by atoms with Gasteiger partial charge in [0.15, 0.2) is 0 Å². The minimum absolute atomic E-state index is 0.424. The lowest BCUT2D eigenvalue weighted by Gasteiger charge is -1.98. The number of alkyl carbamates (subject to hydrolysis) is 1. The van der Waals surface area contributed by atoms with Crippen molar-refractivity contribution in [1.82, 2.24) is 5.32 Å². The predicted molar refractivity (Wildman–Crippen MR) is 34.2 cm³/mol. The van der Waals surface area contributed by atoms with Crippen LogP contribution in [0.5, 0.6) is 0 Å². The Bertz CT molecular complexity index is 164. The number of hydrogen-bond donors (Lipinski definition) is 1. The summed E-state index contributed by atoms with van der Waals surface area (Å²) < 4.78 is 9.43. The van der Waals surface area contributed by atoms with Crippen LogP contribution < -0.4 is 5.32 Å². The Morgan fingerprint density at radius 1 is 1.80 bits per heavy atom. The monoisotopic (exact) mass is 143 g/mol. The van der Waals surface area contributed by atoms with Crippen molar-refractivity contribution < 1.29 is 14.3 Å². The lowest BCUT2D eigenvalue weighted by Crippen LogP contribution is -2.21. The van der Waals surface area contributed by atoms with Gasteiger partial charge >= 0.3 is 6.09 Å². The standard InChI is InChI=1S/C6H9NO3/c1-9-5-2-3-7-6(8)10-4-5/h4H,2-3H2,1H3,(H,7,8). The average Bonchev–Trinajstić information content (AvgIpc) is 2.14. The van der Waals surface area contributed by atoms with E-state index in [1.165, 1.54) is 6.26 Å². The Morgan fingerprint density at radius 2 is 2.60 bits per heavy atom. The van der Waals surface area contributed by atoms with E-state index in [2.05, 4.69) is 10.1 Å². The minimum Gasteiger partial charge on any atom is -0.498 e. The van der Waals surface area contributed by atoms with Gasteiger partial charge in [-0.2, -0.15) is 0 Å². The number of methoxy groups -OCH3 is 1. The summed E-state index contributed by atoms with van der Waals surface area (Å²) in [5.41, 5.74) is 0. The first kappa shape index (κ1) is 6.92. The highest BCUT2D eigenvalue weighted by Crippen LogP contribution is 2.03. The summed E-state index contributed by atoms with van der Waals surface area (Å²) in [7, 11) is 1.55. The molecule has 0 saturated heterocycles. The van der Waals surface area contributed by atoms with Crippen molar-refractivity contribution in [3.8, 4) is 0 Å². The van der Waals surface area contributed by atoms with Crippen LogP contribution in [0.4, 0.5) is 4.79 Å². The number of ether oxygens (including phenoxy) is 2. The minimum atomic E-state index is -0.424. The average molecular weight is 143 g/mol. The van der Waals surface area contributed by atoms with Gasteiger partial charge < -0.3 is 14.8 Å². The Morgan fingerprint density at radius 3 is 3.30 bits per heavy atom. The highest BCUT2D eigenvalue weighted by molar-refractivity contribution is 5.68. The Kier molecular flexibility index (Phi) is 2.15. The SMILES string of the molecule is COC1=COC(=O)NCC1. The first-order valence-corrected chi connectivity index (χ1v) is 3.00. The molecule has 1 amide bonds. The van der Waals surface area contributed by atoms with Crippen molar-refractivity contribution in [3.63, 3.8) is 0 Å². The van der Waals surface area contributed by atoms with E-state index in [-0.39, 0.29) is 0 Å². The van der Waals surface area contributed by atoms with Crippen LogP contribution >= 0.6 is 0 Å². The van der Waals surface area contributed by atoms with E-state index in [1.807, 2.05) is 0 Å². The fourth-order valence-corrected chi connectivity index (χ4v) is 0.658. The summed E-state index contributed by atoms with van der Waals surface area (Å²) in [4.78, 5) is 10.5. The van der Waals surface area contributed by atoms with Gasteiger partial charge in [0, 0.05) is 13.0 Å². The predicted octanol–water partition coefficient (Wildman–Crippen LogP) is 0.604. The molecule has 0 spiro atoms. The number of nitrogens with one attached hydrogen (secondary N) is 1. The van der Waals surface area contributed by atoms with E-state index >= 15 is 0 Å². The molecular weight excluding hydrogens is 134 g/mol. The van der Waals surface area contributed by atoms with E-state index in [1.54, 1.807) is 7.11 Å². The lowest BCUT2D eigenvalue weighted by atomic mass is 10.4. The van der Waals surface area contributed by atoms with Gasteiger partial charge in [0.2, 0.25) is 0 Å². The topological polar surface area (TPSA) is 47.6 Å². The van der Waals surface area contributed by atoms with Crippen LogP contribution in [0.1, 0.15) is 6.42 Å². The zero-order valence-electron chi connectivity index (χ0n) is 5.72. The molecule has 4 heteroatoms. The number of amides is 1. The van der Waals surface area contributed by atoms with Gasteiger partial charge in [0.05, 0.1) is 7.11 Å². The van der Waals surface area contributed by atoms with Gasteiger partial charge in [0.25, 0.3) is 0 Å². The smallest absolute Gasteiger partial charge is 0.412 e. The number of rotatable bonds is 1. The molecule has 1 rings (SSSR count). The van der Waals surface area contributed by atoms with Gasteiger partial charge in [-0.3, -0.25) is 0 Å². The molecule has 0 fully saturated rings. The second kappa shape index (κ2) is 3.10. The van der Waals surface area contributed by atoms with E-state index < -0.39 is 6.09 Å². The molecule has 0 aliphatic carbocycles. The molecule has 4 nitrogen and oxygen atoms in total. The molecule has 0 atom stereocenters. The second-order valence-electron chi connectivity index (χ2n) is 1.87. The molecule has 0 unspecified atom stereocenters. The first-order valence-electron chi connectivity index (χ1n) is 3.00. The molecule has 0 bridgehead atoms. The molecule has 1 aliphatic rings. The maximum atomic E-state index is 10.5.